The lowest BCUT2D eigenvalue weighted by Crippen LogP contribution is -2.11. The van der Waals surface area contributed by atoms with E-state index >= 15 is 0 Å². The predicted octanol–water partition coefficient (Wildman–Crippen LogP) is -1.20. The average Bonchev–Trinajstić information content (AvgIpc) is 1.65. The zero-order valence-electron chi connectivity index (χ0n) is 4.83. The van der Waals surface area contributed by atoms with Crippen LogP contribution in [-0.2, 0) is 0 Å². The minimum atomic E-state index is -0.500. The van der Waals surface area contributed by atoms with Crippen LogP contribution in [0.25, 0.3) is 0 Å². The van der Waals surface area contributed by atoms with Crippen LogP contribution in [0.3, 0.4) is 0 Å². The fraction of sp³-hybridized carbons (Fsp3) is 1.00. The molecule has 0 spiro atoms. The molecule has 0 saturated heterocycles. The first-order chi connectivity index (χ1) is 3.65. The van der Waals surface area contributed by atoms with Gasteiger partial charge >= 0.3 is 0 Å². The summed E-state index contributed by atoms with van der Waals surface area (Å²) in [7, 11) is 0.889. The Morgan fingerprint density at radius 2 is 1.62 bits per heavy atom. The van der Waals surface area contributed by atoms with Crippen LogP contribution in [0.4, 0.5) is 0 Å². The third-order valence-corrected chi connectivity index (χ3v) is 0.167. The molecule has 0 radical (unpaired) electrons. The van der Waals surface area contributed by atoms with Gasteiger partial charge in [-0.05, 0) is 0 Å². The lowest BCUT2D eigenvalue weighted by atomic mass is 10.7. The molecule has 0 atom stereocenters. The van der Waals surface area contributed by atoms with Crippen molar-refractivity contribution in [3.8, 4) is 0 Å². The van der Waals surface area contributed by atoms with Crippen LogP contribution in [0.1, 0.15) is 0 Å². The van der Waals surface area contributed by atoms with Crippen molar-refractivity contribution in [2.75, 3.05) is 20.1 Å². The van der Waals surface area contributed by atoms with Crippen molar-refractivity contribution >= 4 is 0 Å². The molecule has 0 rings (SSSR count). The zero-order valence-corrected chi connectivity index (χ0v) is 4.83. The van der Waals surface area contributed by atoms with Gasteiger partial charge in [-0.3, -0.25) is 10.1 Å². The van der Waals surface area contributed by atoms with Crippen molar-refractivity contribution in [3.05, 3.63) is 10.1 Å². The Kier molecular flexibility index (Phi) is 12.4. The van der Waals surface area contributed by atoms with Gasteiger partial charge in [-0.2, -0.15) is 0 Å². The van der Waals surface area contributed by atoms with E-state index in [4.69, 9.17) is 21.6 Å². The molecule has 4 N–H and O–H groups in total. The maximum absolute atomic E-state index is 8.81. The van der Waals surface area contributed by atoms with Gasteiger partial charge in [-0.25, -0.2) is 0 Å². The molecule has 8 heavy (non-hydrogen) atoms. The number of hydrogen-bond acceptors (Lipinski definition) is 4. The molecule has 5 heteroatoms. The number of nitro groups is 1. The highest BCUT2D eigenvalue weighted by Gasteiger charge is 1.57. The molecular weight excluding hydrogens is 110 g/mol. The van der Waals surface area contributed by atoms with Gasteiger partial charge in [0.15, 0.2) is 7.05 Å². The molecule has 5 nitrogen and oxygen atoms in total. The number of rotatable bonds is 1. The first-order valence-corrected chi connectivity index (χ1v) is 2.13. The van der Waals surface area contributed by atoms with Crippen LogP contribution in [0.5, 0.6) is 0 Å². The second kappa shape index (κ2) is 9.58. The minimum Gasteiger partial charge on any atom is -0.329 e. The number of nitrogens with zero attached hydrogens (tertiary/aromatic N) is 1. The van der Waals surface area contributed by atoms with Crippen LogP contribution >= 0.6 is 0 Å². The Morgan fingerprint density at radius 1 is 1.50 bits per heavy atom. The highest BCUT2D eigenvalue weighted by Crippen LogP contribution is 1.39. The van der Waals surface area contributed by atoms with Crippen LogP contribution in [-0.4, -0.2) is 25.1 Å². The fourth-order valence-electron chi connectivity index (χ4n) is 0. The predicted molar refractivity (Wildman–Crippen MR) is 31.0 cm³/mol. The van der Waals surface area contributed by atoms with E-state index in [0.29, 0.717) is 13.1 Å². The van der Waals surface area contributed by atoms with E-state index in [1.807, 2.05) is 0 Å². The van der Waals surface area contributed by atoms with Crippen LogP contribution in [0.15, 0.2) is 0 Å². The Labute approximate surface area is 47.8 Å². The molecule has 0 bridgehead atoms. The van der Waals surface area contributed by atoms with Gasteiger partial charge in [0.25, 0.3) is 0 Å². The normalized spacial score (nSPS) is 6.88. The Morgan fingerprint density at radius 3 is 1.62 bits per heavy atom. The topological polar surface area (TPSA) is 95.2 Å². The minimum absolute atomic E-state index is 0.500. The maximum atomic E-state index is 8.81. The van der Waals surface area contributed by atoms with Crippen LogP contribution in [0.2, 0.25) is 0 Å². The highest BCUT2D eigenvalue weighted by molar-refractivity contribution is 4.26. The standard InChI is InChI=1S/C2H8N2.CH3NO2/c3-1-2-4;1-2(3)4/h1-4H2;1H3. The summed E-state index contributed by atoms with van der Waals surface area (Å²) in [4.78, 5) is 8.31. The van der Waals surface area contributed by atoms with Crippen molar-refractivity contribution in [2.24, 2.45) is 11.5 Å². The largest absolute Gasteiger partial charge is 0.329 e. The maximum Gasteiger partial charge on any atom is 0.194 e. The van der Waals surface area contributed by atoms with Gasteiger partial charge in [0.05, 0.1) is 0 Å². The summed E-state index contributed by atoms with van der Waals surface area (Å²) in [6.07, 6.45) is 0. The van der Waals surface area contributed by atoms with Crippen LogP contribution in [0, 0.1) is 10.1 Å². The molecule has 0 heterocycles. The van der Waals surface area contributed by atoms with Crippen molar-refractivity contribution in [3.63, 3.8) is 0 Å². The molecule has 0 aliphatic carbocycles. The highest BCUT2D eigenvalue weighted by atomic mass is 16.6. The van der Waals surface area contributed by atoms with Crippen LogP contribution < -0.4 is 11.5 Å². The summed E-state index contributed by atoms with van der Waals surface area (Å²) in [5.74, 6) is 0. The number of hydrogen-bond donors (Lipinski definition) is 2. The SMILES string of the molecule is C[N+](=O)[O-].NCCN. The van der Waals surface area contributed by atoms with E-state index in [1.54, 1.807) is 0 Å². The molecule has 0 aromatic heterocycles. The molecule has 0 aromatic carbocycles. The second-order valence-electron chi connectivity index (χ2n) is 1.02. The summed E-state index contributed by atoms with van der Waals surface area (Å²) in [6, 6.07) is 0. The number of nitrogens with two attached hydrogens (primary N) is 2. The van der Waals surface area contributed by atoms with Gasteiger partial charge in [-0.1, -0.05) is 0 Å². The van der Waals surface area contributed by atoms with Gasteiger partial charge < -0.3 is 11.5 Å². The lowest BCUT2D eigenvalue weighted by molar-refractivity contribution is -0.445. The molecule has 0 aliphatic rings. The molecule has 0 amide bonds. The van der Waals surface area contributed by atoms with E-state index in [0.717, 1.165) is 7.05 Å². The van der Waals surface area contributed by atoms with E-state index in [2.05, 4.69) is 0 Å². The van der Waals surface area contributed by atoms with Crippen molar-refractivity contribution in [1.82, 2.24) is 0 Å². The van der Waals surface area contributed by atoms with E-state index in [9.17, 15) is 0 Å². The molecule has 0 aromatic rings. The molecule has 50 valence electrons. The third kappa shape index (κ3) is 970. The first-order valence-electron chi connectivity index (χ1n) is 2.13. The average molecular weight is 121 g/mol. The summed E-state index contributed by atoms with van der Waals surface area (Å²) >= 11 is 0. The summed E-state index contributed by atoms with van der Waals surface area (Å²) < 4.78 is 0. The Hall–Kier alpha value is -0.680. The van der Waals surface area contributed by atoms with Crippen molar-refractivity contribution < 1.29 is 4.92 Å². The Balaban J connectivity index is 0. The zero-order chi connectivity index (χ0) is 6.99. The first kappa shape index (κ1) is 10.3. The molecule has 0 aliphatic heterocycles. The Bertz CT molecular complexity index is 50.5. The monoisotopic (exact) mass is 121 g/mol. The van der Waals surface area contributed by atoms with Gasteiger partial charge in [-0.15, -0.1) is 0 Å². The quantitative estimate of drug-likeness (QED) is 0.336. The third-order valence-electron chi connectivity index (χ3n) is 0.167. The second-order valence-corrected chi connectivity index (χ2v) is 1.02. The van der Waals surface area contributed by atoms with Gasteiger partial charge in [0.1, 0.15) is 0 Å². The summed E-state index contributed by atoms with van der Waals surface area (Å²) in [6.45, 7) is 1.19. The lowest BCUT2D eigenvalue weighted by Gasteiger charge is -1.72. The molecule has 0 fully saturated rings. The molecule has 0 unspecified atom stereocenters. The summed E-state index contributed by atoms with van der Waals surface area (Å²) in [5, 5.41) is 8.81. The molecule has 0 saturated carbocycles. The fourth-order valence-corrected chi connectivity index (χ4v) is 0. The van der Waals surface area contributed by atoms with Gasteiger partial charge in [0.2, 0.25) is 0 Å². The smallest absolute Gasteiger partial charge is 0.194 e. The van der Waals surface area contributed by atoms with E-state index < -0.39 is 4.92 Å². The van der Waals surface area contributed by atoms with Crippen molar-refractivity contribution in [1.29, 1.82) is 0 Å². The summed E-state index contributed by atoms with van der Waals surface area (Å²) in [5.41, 5.74) is 9.81. The van der Waals surface area contributed by atoms with Gasteiger partial charge in [0, 0.05) is 18.0 Å². The van der Waals surface area contributed by atoms with E-state index in [1.165, 1.54) is 0 Å². The van der Waals surface area contributed by atoms with E-state index in [-0.39, 0.29) is 0 Å². The molecular formula is C3H11N3O2. The van der Waals surface area contributed by atoms with Crippen molar-refractivity contribution in [2.45, 2.75) is 0 Å².